The van der Waals surface area contributed by atoms with Gasteiger partial charge in [0, 0.05) is 13.0 Å². The highest BCUT2D eigenvalue weighted by atomic mass is 16.7. The number of esters is 1. The van der Waals surface area contributed by atoms with Crippen molar-refractivity contribution in [2.75, 3.05) is 13.2 Å². The fourth-order valence-electron chi connectivity index (χ4n) is 4.54. The topological polar surface area (TPSA) is 117 Å². The van der Waals surface area contributed by atoms with Crippen LogP contribution >= 0.6 is 0 Å². The molecule has 3 rings (SSSR count). The zero-order valence-corrected chi connectivity index (χ0v) is 20.2. The first-order valence-electron chi connectivity index (χ1n) is 12.1. The summed E-state index contributed by atoms with van der Waals surface area (Å²) in [6.07, 6.45) is 5.43. The highest BCUT2D eigenvalue weighted by molar-refractivity contribution is 5.90. The van der Waals surface area contributed by atoms with Crippen molar-refractivity contribution in [3.8, 4) is 0 Å². The third kappa shape index (κ3) is 6.59. The van der Waals surface area contributed by atoms with Crippen molar-refractivity contribution in [1.82, 2.24) is 20.8 Å². The molecular weight excluding hydrogens is 428 g/mol. The monoisotopic (exact) mass is 466 g/mol. The molecule has 1 aliphatic carbocycles. The van der Waals surface area contributed by atoms with E-state index in [9.17, 15) is 19.2 Å². The van der Waals surface area contributed by atoms with Crippen LogP contribution in [0.5, 0.6) is 0 Å². The van der Waals surface area contributed by atoms with Crippen LogP contribution in [0.2, 0.25) is 0 Å². The van der Waals surface area contributed by atoms with Crippen molar-refractivity contribution in [2.45, 2.75) is 96.7 Å². The second-order valence-electron chi connectivity index (χ2n) is 10.3. The highest BCUT2D eigenvalue weighted by Crippen LogP contribution is 2.38. The number of amides is 4. The molecule has 0 radical (unpaired) electrons. The van der Waals surface area contributed by atoms with E-state index < -0.39 is 11.6 Å². The maximum atomic E-state index is 12.6. The summed E-state index contributed by atoms with van der Waals surface area (Å²) in [7, 11) is 0. The lowest BCUT2D eigenvalue weighted by Gasteiger charge is -2.35. The zero-order chi connectivity index (χ0) is 24.2. The molecule has 3 fully saturated rings. The van der Waals surface area contributed by atoms with Crippen molar-refractivity contribution < 1.29 is 28.8 Å². The minimum Gasteiger partial charge on any atom is -0.460 e. The van der Waals surface area contributed by atoms with E-state index in [0.717, 1.165) is 25.7 Å². The number of hydrazine groups is 1. The summed E-state index contributed by atoms with van der Waals surface area (Å²) in [6, 6.07) is -0.931. The average molecular weight is 467 g/mol. The molecule has 186 valence electrons. The van der Waals surface area contributed by atoms with Gasteiger partial charge in [-0.25, -0.2) is 4.79 Å². The quantitative estimate of drug-likeness (QED) is 0.306. The van der Waals surface area contributed by atoms with E-state index in [1.165, 1.54) is 9.96 Å². The van der Waals surface area contributed by atoms with Crippen LogP contribution < -0.4 is 10.9 Å². The van der Waals surface area contributed by atoms with Crippen molar-refractivity contribution in [1.29, 1.82) is 0 Å². The molecule has 0 aromatic carbocycles. The maximum absolute atomic E-state index is 12.6. The van der Waals surface area contributed by atoms with Gasteiger partial charge in [0.15, 0.2) is 0 Å². The van der Waals surface area contributed by atoms with Gasteiger partial charge < -0.3 is 9.64 Å². The number of hydrogen-bond acceptors (Lipinski definition) is 6. The van der Waals surface area contributed by atoms with Gasteiger partial charge in [0.1, 0.15) is 11.6 Å². The summed E-state index contributed by atoms with van der Waals surface area (Å²) in [5.41, 5.74) is 4.44. The largest absolute Gasteiger partial charge is 0.460 e. The molecule has 0 unspecified atom stereocenters. The van der Waals surface area contributed by atoms with E-state index in [2.05, 4.69) is 17.8 Å². The van der Waals surface area contributed by atoms with E-state index in [4.69, 9.17) is 9.57 Å². The molecule has 2 bridgehead atoms. The van der Waals surface area contributed by atoms with E-state index in [1.54, 1.807) is 0 Å². The van der Waals surface area contributed by atoms with Crippen LogP contribution in [0.3, 0.4) is 0 Å². The molecule has 10 nitrogen and oxygen atoms in total. The summed E-state index contributed by atoms with van der Waals surface area (Å²) in [5, 5.41) is 1.41. The third-order valence-electron chi connectivity index (χ3n) is 6.43. The molecule has 2 N–H and O–H groups in total. The van der Waals surface area contributed by atoms with Crippen LogP contribution in [0, 0.1) is 11.8 Å². The van der Waals surface area contributed by atoms with Crippen LogP contribution in [0.1, 0.15) is 79.1 Å². The van der Waals surface area contributed by atoms with E-state index >= 15 is 0 Å². The predicted octanol–water partition coefficient (Wildman–Crippen LogP) is 2.28. The molecular formula is C23H38N4O6. The third-order valence-corrected chi connectivity index (χ3v) is 6.43. The summed E-state index contributed by atoms with van der Waals surface area (Å²) in [6.45, 7) is 8.54. The zero-order valence-electron chi connectivity index (χ0n) is 20.2. The highest BCUT2D eigenvalue weighted by Gasteiger charge is 2.48. The van der Waals surface area contributed by atoms with Gasteiger partial charge in [-0.3, -0.25) is 30.1 Å². The molecule has 2 saturated heterocycles. The summed E-state index contributed by atoms with van der Waals surface area (Å²) >= 11 is 0. The van der Waals surface area contributed by atoms with Gasteiger partial charge in [-0.1, -0.05) is 13.3 Å². The molecule has 4 amide bonds. The second kappa shape index (κ2) is 10.7. The first-order valence-corrected chi connectivity index (χ1v) is 12.1. The number of nitrogens with one attached hydrogen (secondary N) is 2. The van der Waals surface area contributed by atoms with Gasteiger partial charge in [-0.15, -0.1) is 0 Å². The summed E-state index contributed by atoms with van der Waals surface area (Å²) in [5.74, 6) is -0.624. The number of fused-ring (bicyclic) bond motifs is 2. The van der Waals surface area contributed by atoms with Gasteiger partial charge in [-0.2, -0.15) is 5.06 Å². The van der Waals surface area contributed by atoms with Crippen LogP contribution in [0.4, 0.5) is 4.79 Å². The molecule has 2 heterocycles. The Labute approximate surface area is 195 Å². The number of nitrogens with zero attached hydrogens (tertiary/aromatic N) is 2. The molecule has 10 heteroatoms. The van der Waals surface area contributed by atoms with Crippen LogP contribution in [0.25, 0.3) is 0 Å². The Morgan fingerprint density at radius 1 is 1.12 bits per heavy atom. The summed E-state index contributed by atoms with van der Waals surface area (Å²) < 4.78 is 5.39. The average Bonchev–Trinajstić information content (AvgIpc) is 2.94. The lowest BCUT2D eigenvalue weighted by molar-refractivity contribution is -0.165. The molecule has 0 aromatic rings. The van der Waals surface area contributed by atoms with Crippen molar-refractivity contribution >= 4 is 23.8 Å². The first kappa shape index (κ1) is 25.3. The maximum Gasteiger partial charge on any atom is 0.345 e. The van der Waals surface area contributed by atoms with E-state index in [1.807, 2.05) is 20.8 Å². The Hall–Kier alpha value is -2.36. The standard InChI is InChI=1S/C23H38N4O6/c1-5-6-11-32-27-17-8-9-18(26(14-17)22(27)31)20(29)25-24-19(28)10-7-15-12-16(13-15)21(30)33-23(2,3)4/h15-18H,5-14H2,1-4H3,(H,24,28)(H,25,29)/t15-,16-,17-,18-/m0/s1. The molecule has 2 atom stereocenters. The van der Waals surface area contributed by atoms with Gasteiger partial charge >= 0.3 is 12.0 Å². The Kier molecular flexibility index (Phi) is 8.20. The van der Waals surface area contributed by atoms with E-state index in [0.29, 0.717) is 38.3 Å². The predicted molar refractivity (Wildman–Crippen MR) is 119 cm³/mol. The van der Waals surface area contributed by atoms with Crippen molar-refractivity contribution in [3.05, 3.63) is 0 Å². The van der Waals surface area contributed by atoms with Gasteiger partial charge in [-0.05, 0) is 65.2 Å². The Balaban J connectivity index is 1.34. The number of carbonyl (C=O) groups is 4. The molecule has 0 spiro atoms. The molecule has 33 heavy (non-hydrogen) atoms. The van der Waals surface area contributed by atoms with Gasteiger partial charge in [0.2, 0.25) is 5.91 Å². The first-order chi connectivity index (χ1) is 15.6. The fourth-order valence-corrected chi connectivity index (χ4v) is 4.54. The smallest absolute Gasteiger partial charge is 0.345 e. The van der Waals surface area contributed by atoms with Crippen LogP contribution in [0.15, 0.2) is 0 Å². The normalized spacial score (nSPS) is 26.6. The number of hydroxylamine groups is 2. The van der Waals surface area contributed by atoms with Crippen molar-refractivity contribution in [3.63, 3.8) is 0 Å². The SMILES string of the molecule is CCCCON1C(=O)N2C[C@@H]1CC[C@H]2C(=O)NNC(=O)CC[C@H]1C[C@H](C(=O)OC(C)(C)C)C1. The molecule has 0 aromatic heterocycles. The fraction of sp³-hybridized carbons (Fsp3) is 0.826. The number of unbranched alkanes of at least 4 members (excludes halogenated alkanes) is 1. The number of piperidine rings is 1. The number of ether oxygens (including phenoxy) is 1. The number of urea groups is 1. The van der Waals surface area contributed by atoms with Crippen LogP contribution in [-0.4, -0.2) is 64.6 Å². The van der Waals surface area contributed by atoms with Gasteiger partial charge in [0.05, 0.1) is 18.6 Å². The van der Waals surface area contributed by atoms with E-state index in [-0.39, 0.29) is 42.2 Å². The Morgan fingerprint density at radius 3 is 2.52 bits per heavy atom. The molecule has 3 aliphatic rings. The minimum absolute atomic E-state index is 0.0278. The number of carbonyl (C=O) groups excluding carboxylic acids is 4. The second-order valence-corrected chi connectivity index (χ2v) is 10.3. The van der Waals surface area contributed by atoms with Crippen molar-refractivity contribution in [2.24, 2.45) is 11.8 Å². The summed E-state index contributed by atoms with van der Waals surface area (Å²) in [4.78, 5) is 56.6. The number of hydrogen-bond donors (Lipinski definition) is 2. The lowest BCUT2D eigenvalue weighted by atomic mass is 9.72. The number of rotatable bonds is 9. The Bertz CT molecular complexity index is 746. The Morgan fingerprint density at radius 2 is 1.85 bits per heavy atom. The lowest BCUT2D eigenvalue weighted by Crippen LogP contribution is -2.54. The van der Waals surface area contributed by atoms with Crippen LogP contribution in [-0.2, 0) is 24.0 Å². The molecule has 2 aliphatic heterocycles. The minimum atomic E-state index is -0.616. The molecule has 1 saturated carbocycles. The van der Waals surface area contributed by atoms with Gasteiger partial charge in [0.25, 0.3) is 5.91 Å².